The van der Waals surface area contributed by atoms with E-state index in [1.54, 1.807) is 18.0 Å². The molecule has 1 saturated heterocycles. The monoisotopic (exact) mass is 353 g/mol. The number of thioether (sulfide) groups is 1. The van der Waals surface area contributed by atoms with E-state index in [9.17, 15) is 4.79 Å². The molecule has 1 aliphatic rings. The summed E-state index contributed by atoms with van der Waals surface area (Å²) >= 11 is 1.67. The molecule has 124 valence electrons. The van der Waals surface area contributed by atoms with Gasteiger partial charge < -0.3 is 10.6 Å². The molecule has 0 atom stereocenters. The molecule has 23 heavy (non-hydrogen) atoms. The van der Waals surface area contributed by atoms with Crippen molar-refractivity contribution in [1.82, 2.24) is 20.3 Å². The Morgan fingerprint density at radius 1 is 1.30 bits per heavy atom. The number of aromatic nitrogens is 3. The van der Waals surface area contributed by atoms with Crippen LogP contribution in [0.1, 0.15) is 29.4 Å². The minimum atomic E-state index is -0.225. The lowest BCUT2D eigenvalue weighted by Crippen LogP contribution is -2.29. The van der Waals surface area contributed by atoms with Gasteiger partial charge in [0, 0.05) is 10.6 Å². The summed E-state index contributed by atoms with van der Waals surface area (Å²) in [5.41, 5.74) is 1.12. The summed E-state index contributed by atoms with van der Waals surface area (Å²) < 4.78 is 1.81. The summed E-state index contributed by atoms with van der Waals surface area (Å²) in [6.45, 7) is 1.96. The summed E-state index contributed by atoms with van der Waals surface area (Å²) in [6, 6.07) is 8.07. The van der Waals surface area contributed by atoms with E-state index in [0.29, 0.717) is 11.7 Å². The molecule has 3 rings (SSSR count). The van der Waals surface area contributed by atoms with Crippen molar-refractivity contribution in [2.45, 2.75) is 23.8 Å². The molecule has 1 amide bonds. The largest absolute Gasteiger partial charge is 0.321 e. The van der Waals surface area contributed by atoms with Gasteiger partial charge in [-0.15, -0.1) is 29.3 Å². The summed E-state index contributed by atoms with van der Waals surface area (Å²) in [7, 11) is 0. The second-order valence-electron chi connectivity index (χ2n) is 5.25. The molecular formula is C15H20ClN5OS. The van der Waals surface area contributed by atoms with Crippen LogP contribution in [0.5, 0.6) is 0 Å². The van der Waals surface area contributed by atoms with Crippen molar-refractivity contribution in [2.75, 3.05) is 24.7 Å². The number of amides is 1. The normalized spacial score (nSPS) is 15.0. The average molecular weight is 354 g/mol. The number of nitrogens with zero attached hydrogens (tertiary/aromatic N) is 3. The van der Waals surface area contributed by atoms with Gasteiger partial charge in [0.05, 0.1) is 12.2 Å². The SMILES string of the molecule is CSc1ccc(NC(=O)c2cn(C3CCNCC3)nn2)cc1.Cl. The predicted octanol–water partition coefficient (Wildman–Crippen LogP) is 2.60. The van der Waals surface area contributed by atoms with E-state index >= 15 is 0 Å². The molecule has 0 bridgehead atoms. The van der Waals surface area contributed by atoms with Crippen molar-refractivity contribution in [1.29, 1.82) is 0 Å². The Hall–Kier alpha value is -1.57. The summed E-state index contributed by atoms with van der Waals surface area (Å²) in [4.78, 5) is 13.4. The smallest absolute Gasteiger partial charge is 0.277 e. The second-order valence-corrected chi connectivity index (χ2v) is 6.13. The van der Waals surface area contributed by atoms with E-state index in [1.165, 1.54) is 0 Å². The highest BCUT2D eigenvalue weighted by atomic mass is 35.5. The molecule has 2 N–H and O–H groups in total. The minimum absolute atomic E-state index is 0. The van der Waals surface area contributed by atoms with Gasteiger partial charge in [-0.05, 0) is 56.5 Å². The zero-order valence-corrected chi connectivity index (χ0v) is 14.5. The fourth-order valence-electron chi connectivity index (χ4n) is 2.50. The van der Waals surface area contributed by atoms with Crippen LogP contribution in [0.3, 0.4) is 0 Å². The molecule has 1 aliphatic heterocycles. The lowest BCUT2D eigenvalue weighted by Gasteiger charge is -2.22. The first-order chi connectivity index (χ1) is 10.8. The standard InChI is InChI=1S/C15H19N5OS.ClH/c1-22-13-4-2-11(3-5-13)17-15(21)14-10-20(19-18-14)12-6-8-16-9-7-12;/h2-5,10,12,16H,6-9H2,1H3,(H,17,21);1H. The van der Waals surface area contributed by atoms with Crippen molar-refractivity contribution in [3.8, 4) is 0 Å². The molecule has 8 heteroatoms. The first-order valence-electron chi connectivity index (χ1n) is 7.34. The number of hydrogen-bond acceptors (Lipinski definition) is 5. The number of carbonyl (C=O) groups is 1. The molecule has 1 aromatic carbocycles. The molecular weight excluding hydrogens is 334 g/mol. The van der Waals surface area contributed by atoms with Crippen LogP contribution in [-0.2, 0) is 0 Å². The zero-order chi connectivity index (χ0) is 15.4. The zero-order valence-electron chi connectivity index (χ0n) is 12.9. The molecule has 6 nitrogen and oxygen atoms in total. The number of piperidine rings is 1. The third-order valence-electron chi connectivity index (χ3n) is 3.77. The molecule has 2 heterocycles. The van der Waals surface area contributed by atoms with Gasteiger partial charge in [-0.3, -0.25) is 4.79 Å². The maximum absolute atomic E-state index is 12.2. The predicted molar refractivity (Wildman–Crippen MR) is 94.6 cm³/mol. The number of halogens is 1. The number of hydrogen-bond donors (Lipinski definition) is 2. The van der Waals surface area contributed by atoms with Gasteiger partial charge in [-0.2, -0.15) is 0 Å². The van der Waals surface area contributed by atoms with Crippen LogP contribution in [0.15, 0.2) is 35.4 Å². The highest BCUT2D eigenvalue weighted by Gasteiger charge is 2.18. The minimum Gasteiger partial charge on any atom is -0.321 e. The Bertz CT molecular complexity index is 640. The van der Waals surface area contributed by atoms with Gasteiger partial charge in [-0.25, -0.2) is 4.68 Å². The number of rotatable bonds is 4. The van der Waals surface area contributed by atoms with Crippen molar-refractivity contribution in [3.05, 3.63) is 36.2 Å². The van der Waals surface area contributed by atoms with Crippen LogP contribution >= 0.6 is 24.2 Å². The van der Waals surface area contributed by atoms with Gasteiger partial charge in [-0.1, -0.05) is 5.21 Å². The van der Waals surface area contributed by atoms with E-state index < -0.39 is 0 Å². The Kier molecular flexibility index (Phi) is 6.44. The van der Waals surface area contributed by atoms with Gasteiger partial charge in [0.2, 0.25) is 0 Å². The Morgan fingerprint density at radius 2 is 2.00 bits per heavy atom. The van der Waals surface area contributed by atoms with Gasteiger partial charge in [0.25, 0.3) is 5.91 Å². The number of nitrogens with one attached hydrogen (secondary N) is 2. The van der Waals surface area contributed by atoms with E-state index in [4.69, 9.17) is 0 Å². The molecule has 0 aliphatic carbocycles. The highest BCUT2D eigenvalue weighted by molar-refractivity contribution is 7.98. The summed E-state index contributed by atoms with van der Waals surface area (Å²) in [5, 5.41) is 14.3. The lowest BCUT2D eigenvalue weighted by atomic mass is 10.1. The van der Waals surface area contributed by atoms with E-state index in [-0.39, 0.29) is 18.3 Å². The summed E-state index contributed by atoms with van der Waals surface area (Å²) in [6.07, 6.45) is 5.79. The van der Waals surface area contributed by atoms with Crippen LogP contribution < -0.4 is 10.6 Å². The van der Waals surface area contributed by atoms with Crippen LogP contribution in [0.4, 0.5) is 5.69 Å². The fraction of sp³-hybridized carbons (Fsp3) is 0.400. The Morgan fingerprint density at radius 3 is 2.65 bits per heavy atom. The average Bonchev–Trinajstić information content (AvgIpc) is 3.06. The summed E-state index contributed by atoms with van der Waals surface area (Å²) in [5.74, 6) is -0.225. The van der Waals surface area contributed by atoms with Gasteiger partial charge >= 0.3 is 0 Å². The van der Waals surface area contributed by atoms with E-state index in [0.717, 1.165) is 36.5 Å². The molecule has 0 saturated carbocycles. The lowest BCUT2D eigenvalue weighted by molar-refractivity contribution is 0.102. The van der Waals surface area contributed by atoms with Gasteiger partial charge in [0.1, 0.15) is 0 Å². The fourth-order valence-corrected chi connectivity index (χ4v) is 2.91. The molecule has 0 unspecified atom stereocenters. The number of carbonyl (C=O) groups excluding carboxylic acids is 1. The highest BCUT2D eigenvalue weighted by Crippen LogP contribution is 2.19. The topological polar surface area (TPSA) is 71.8 Å². The third-order valence-corrected chi connectivity index (χ3v) is 4.52. The quantitative estimate of drug-likeness (QED) is 0.827. The van der Waals surface area contributed by atoms with Crippen LogP contribution in [0, 0.1) is 0 Å². The molecule has 1 fully saturated rings. The number of anilines is 1. The van der Waals surface area contributed by atoms with Crippen molar-refractivity contribution in [2.24, 2.45) is 0 Å². The van der Waals surface area contributed by atoms with E-state index in [2.05, 4.69) is 20.9 Å². The van der Waals surface area contributed by atoms with Crippen LogP contribution in [0.25, 0.3) is 0 Å². The maximum Gasteiger partial charge on any atom is 0.277 e. The third kappa shape index (κ3) is 4.46. The van der Waals surface area contributed by atoms with Crippen LogP contribution in [-0.4, -0.2) is 40.2 Å². The number of benzene rings is 1. The molecule has 0 spiro atoms. The molecule has 0 radical (unpaired) electrons. The maximum atomic E-state index is 12.2. The molecule has 2 aromatic rings. The first kappa shape index (κ1) is 17.8. The van der Waals surface area contributed by atoms with E-state index in [1.807, 2.05) is 35.2 Å². The Balaban J connectivity index is 0.00000192. The van der Waals surface area contributed by atoms with Crippen molar-refractivity contribution >= 4 is 35.8 Å². The Labute approximate surface area is 145 Å². The second kappa shape index (κ2) is 8.33. The van der Waals surface area contributed by atoms with Crippen LogP contribution in [0.2, 0.25) is 0 Å². The van der Waals surface area contributed by atoms with Crippen molar-refractivity contribution < 1.29 is 4.79 Å². The first-order valence-corrected chi connectivity index (χ1v) is 8.56. The molecule has 1 aromatic heterocycles. The van der Waals surface area contributed by atoms with Gasteiger partial charge in [0.15, 0.2) is 5.69 Å². The van der Waals surface area contributed by atoms with Crippen molar-refractivity contribution in [3.63, 3.8) is 0 Å².